The van der Waals surface area contributed by atoms with Crippen molar-refractivity contribution in [2.75, 3.05) is 39.0 Å². The topological polar surface area (TPSA) is 69.7 Å². The van der Waals surface area contributed by atoms with Crippen LogP contribution in [0.5, 0.6) is 0 Å². The highest BCUT2D eigenvalue weighted by atomic mass is 32.2. The van der Waals surface area contributed by atoms with Crippen LogP contribution in [0, 0.1) is 5.92 Å². The maximum atomic E-state index is 12.6. The number of nitrogens with zero attached hydrogens (tertiary/aromatic N) is 2. The highest BCUT2D eigenvalue weighted by molar-refractivity contribution is 7.88. The molecule has 7 heteroatoms. The van der Waals surface area contributed by atoms with Crippen molar-refractivity contribution in [3.63, 3.8) is 0 Å². The smallest absolute Gasteiger partial charge is 0.222 e. The number of amides is 1. The van der Waals surface area contributed by atoms with Gasteiger partial charge in [-0.25, -0.2) is 8.42 Å². The normalized spacial score (nSPS) is 24.6. The molecule has 1 saturated heterocycles. The fourth-order valence-electron chi connectivity index (χ4n) is 4.69. The fraction of sp³-hybridized carbons (Fsp3) is 0.682. The van der Waals surface area contributed by atoms with Crippen molar-refractivity contribution in [2.45, 2.75) is 51.0 Å². The van der Waals surface area contributed by atoms with Crippen LogP contribution in [0.4, 0.5) is 0 Å². The molecule has 2 fully saturated rings. The van der Waals surface area contributed by atoms with E-state index in [1.165, 1.54) is 42.7 Å². The van der Waals surface area contributed by atoms with E-state index < -0.39 is 16.1 Å². The van der Waals surface area contributed by atoms with Crippen LogP contribution in [0.2, 0.25) is 0 Å². The summed E-state index contributed by atoms with van der Waals surface area (Å²) in [5, 5.41) is 3.02. The van der Waals surface area contributed by atoms with E-state index >= 15 is 0 Å². The van der Waals surface area contributed by atoms with Gasteiger partial charge in [0.2, 0.25) is 15.9 Å². The minimum absolute atomic E-state index is 0.0907. The first-order valence-electron chi connectivity index (χ1n) is 10.9. The van der Waals surface area contributed by atoms with E-state index in [9.17, 15) is 13.2 Å². The zero-order valence-electron chi connectivity index (χ0n) is 17.6. The Morgan fingerprint density at radius 1 is 1.00 bits per heavy atom. The average molecular weight is 422 g/mol. The molecule has 0 aromatic heterocycles. The third-order valence-corrected chi connectivity index (χ3v) is 7.47. The van der Waals surface area contributed by atoms with Crippen molar-refractivity contribution >= 4 is 15.9 Å². The second kappa shape index (κ2) is 10.5. The number of benzene rings is 1. The van der Waals surface area contributed by atoms with Gasteiger partial charge in [0.15, 0.2) is 0 Å². The Morgan fingerprint density at radius 2 is 1.72 bits per heavy atom. The predicted octanol–water partition coefficient (Wildman–Crippen LogP) is 2.78. The van der Waals surface area contributed by atoms with Crippen molar-refractivity contribution in [3.05, 3.63) is 35.9 Å². The van der Waals surface area contributed by atoms with Gasteiger partial charge < -0.3 is 10.2 Å². The molecule has 1 amide bonds. The molecule has 1 unspecified atom stereocenters. The van der Waals surface area contributed by atoms with Gasteiger partial charge in [-0.1, -0.05) is 49.6 Å². The first-order chi connectivity index (χ1) is 13.9. The number of sulfonamides is 1. The standard InChI is InChI=1S/C22H35N3O3S/c1-29(27,28)25-15-8-14-24(18-19-9-4-2-5-10-19)16-13-23-22(26)17-21(25)20-11-6-3-7-12-20/h3,6-7,11-12,19,21H,2,4-5,8-10,13-18H2,1H3,(H,23,26). The van der Waals surface area contributed by atoms with Crippen molar-refractivity contribution in [3.8, 4) is 0 Å². The largest absolute Gasteiger partial charge is 0.355 e. The number of hydrogen-bond donors (Lipinski definition) is 1. The molecule has 1 heterocycles. The van der Waals surface area contributed by atoms with Gasteiger partial charge in [0.1, 0.15) is 0 Å². The zero-order chi connectivity index (χ0) is 20.7. The molecule has 6 nitrogen and oxygen atoms in total. The quantitative estimate of drug-likeness (QED) is 0.812. The van der Waals surface area contributed by atoms with Gasteiger partial charge >= 0.3 is 0 Å². The van der Waals surface area contributed by atoms with Crippen molar-refractivity contribution in [2.24, 2.45) is 5.92 Å². The van der Waals surface area contributed by atoms with E-state index in [2.05, 4.69) is 10.2 Å². The second-order valence-corrected chi connectivity index (χ2v) is 10.4. The van der Waals surface area contributed by atoms with Crippen LogP contribution in [0.3, 0.4) is 0 Å². The van der Waals surface area contributed by atoms with E-state index in [-0.39, 0.29) is 12.3 Å². The average Bonchev–Trinajstić information content (AvgIpc) is 2.73. The molecule has 1 aromatic carbocycles. The lowest BCUT2D eigenvalue weighted by Gasteiger charge is -2.31. The van der Waals surface area contributed by atoms with Gasteiger partial charge in [-0.15, -0.1) is 0 Å². The monoisotopic (exact) mass is 421 g/mol. The Hall–Kier alpha value is -1.44. The molecule has 0 spiro atoms. The summed E-state index contributed by atoms with van der Waals surface area (Å²) in [5.41, 5.74) is 0.867. The summed E-state index contributed by atoms with van der Waals surface area (Å²) in [6, 6.07) is 9.05. The Balaban J connectivity index is 1.75. The summed E-state index contributed by atoms with van der Waals surface area (Å²) in [7, 11) is -3.44. The summed E-state index contributed by atoms with van der Waals surface area (Å²) in [4.78, 5) is 15.0. The lowest BCUT2D eigenvalue weighted by Crippen LogP contribution is -2.38. The Labute approximate surface area is 175 Å². The molecule has 29 heavy (non-hydrogen) atoms. The minimum Gasteiger partial charge on any atom is -0.355 e. The van der Waals surface area contributed by atoms with Gasteiger partial charge in [-0.2, -0.15) is 4.31 Å². The third kappa shape index (κ3) is 6.79. The molecule has 0 bridgehead atoms. The molecule has 162 valence electrons. The minimum atomic E-state index is -3.44. The van der Waals surface area contributed by atoms with Crippen molar-refractivity contribution < 1.29 is 13.2 Å². The highest BCUT2D eigenvalue weighted by Crippen LogP contribution is 2.28. The molecule has 2 aliphatic rings. The fourth-order valence-corrected chi connectivity index (χ4v) is 5.81. The van der Waals surface area contributed by atoms with Crippen LogP contribution < -0.4 is 5.32 Å². The van der Waals surface area contributed by atoms with Gasteiger partial charge in [-0.3, -0.25) is 4.79 Å². The van der Waals surface area contributed by atoms with Gasteiger partial charge in [0.05, 0.1) is 12.3 Å². The molecule has 1 N–H and O–H groups in total. The van der Waals surface area contributed by atoms with Crippen LogP contribution in [0.25, 0.3) is 0 Å². The number of carbonyl (C=O) groups excluding carboxylic acids is 1. The summed E-state index contributed by atoms with van der Waals surface area (Å²) >= 11 is 0. The maximum Gasteiger partial charge on any atom is 0.222 e. The van der Waals surface area contributed by atoms with E-state index in [0.717, 1.165) is 37.5 Å². The number of nitrogens with one attached hydrogen (secondary N) is 1. The molecule has 1 aliphatic carbocycles. The molecule has 1 aromatic rings. The summed E-state index contributed by atoms with van der Waals surface area (Å²) in [6.07, 6.45) is 8.72. The lowest BCUT2D eigenvalue weighted by atomic mass is 9.89. The molecule has 3 rings (SSSR count). The number of rotatable bonds is 4. The summed E-state index contributed by atoms with van der Waals surface area (Å²) < 4.78 is 26.7. The van der Waals surface area contributed by atoms with Crippen LogP contribution >= 0.6 is 0 Å². The van der Waals surface area contributed by atoms with Crippen LogP contribution in [0.15, 0.2) is 30.3 Å². The number of carbonyl (C=O) groups is 1. The summed E-state index contributed by atoms with van der Waals surface area (Å²) in [5.74, 6) is 0.639. The molecule has 1 saturated carbocycles. The predicted molar refractivity (Wildman–Crippen MR) is 116 cm³/mol. The van der Waals surface area contributed by atoms with Crippen molar-refractivity contribution in [1.82, 2.24) is 14.5 Å². The molecule has 0 radical (unpaired) electrons. The Kier molecular flexibility index (Phi) is 8.09. The van der Waals surface area contributed by atoms with E-state index in [1.54, 1.807) is 0 Å². The highest BCUT2D eigenvalue weighted by Gasteiger charge is 2.30. The molecule has 1 aliphatic heterocycles. The number of hydrogen-bond acceptors (Lipinski definition) is 4. The maximum absolute atomic E-state index is 12.6. The zero-order valence-corrected chi connectivity index (χ0v) is 18.4. The van der Waals surface area contributed by atoms with Gasteiger partial charge in [-0.05, 0) is 37.3 Å². The molecule has 1 atom stereocenters. The lowest BCUT2D eigenvalue weighted by molar-refractivity contribution is -0.122. The second-order valence-electron chi connectivity index (χ2n) is 8.51. The first kappa shape index (κ1) is 22.2. The van der Waals surface area contributed by atoms with Crippen LogP contribution in [-0.4, -0.2) is 62.5 Å². The Bertz CT molecular complexity index is 748. The van der Waals surface area contributed by atoms with E-state index in [1.807, 2.05) is 30.3 Å². The van der Waals surface area contributed by atoms with Gasteiger partial charge in [0.25, 0.3) is 0 Å². The molecular formula is C22H35N3O3S. The SMILES string of the molecule is CS(=O)(=O)N1CCCN(CC2CCCCC2)CCNC(=O)CC1c1ccccc1. The van der Waals surface area contributed by atoms with E-state index in [4.69, 9.17) is 0 Å². The first-order valence-corrected chi connectivity index (χ1v) is 12.8. The molecular weight excluding hydrogens is 386 g/mol. The Morgan fingerprint density at radius 3 is 2.41 bits per heavy atom. The third-order valence-electron chi connectivity index (χ3n) is 6.18. The van der Waals surface area contributed by atoms with Crippen LogP contribution in [0.1, 0.15) is 56.6 Å². The van der Waals surface area contributed by atoms with Crippen molar-refractivity contribution in [1.29, 1.82) is 0 Å². The summed E-state index contributed by atoms with van der Waals surface area (Å²) in [6.45, 7) is 3.80. The van der Waals surface area contributed by atoms with Gasteiger partial charge in [0, 0.05) is 32.6 Å². The van der Waals surface area contributed by atoms with Crippen LogP contribution in [-0.2, 0) is 14.8 Å². The van der Waals surface area contributed by atoms with E-state index in [0.29, 0.717) is 13.1 Å².